The van der Waals surface area contributed by atoms with Crippen molar-refractivity contribution in [2.24, 2.45) is 5.92 Å². The van der Waals surface area contributed by atoms with Crippen LogP contribution >= 0.6 is 0 Å². The van der Waals surface area contributed by atoms with Crippen LogP contribution in [0, 0.1) is 5.92 Å². The van der Waals surface area contributed by atoms with E-state index in [-0.39, 0.29) is 0 Å². The van der Waals surface area contributed by atoms with E-state index in [0.29, 0.717) is 25.9 Å². The van der Waals surface area contributed by atoms with Crippen LogP contribution in [0.2, 0.25) is 0 Å². The van der Waals surface area contributed by atoms with Gasteiger partial charge in [-0.3, -0.25) is 4.79 Å². The molecule has 0 unspecified atom stereocenters. The molecule has 0 N–H and O–H groups in total. The minimum atomic E-state index is -1.04. The largest absolute Gasteiger partial charge is 0.550 e. The summed E-state index contributed by atoms with van der Waals surface area (Å²) >= 11 is 0. The number of hydrogen-bond acceptors (Lipinski definition) is 3. The normalized spacial score (nSPS) is 24.7. The maximum Gasteiger partial charge on any atom is 0.209 e. The fourth-order valence-electron chi connectivity index (χ4n) is 1.29. The molecule has 4 nitrogen and oxygen atoms in total. The van der Waals surface area contributed by atoms with E-state index >= 15 is 0 Å². The lowest BCUT2D eigenvalue weighted by Gasteiger charge is -2.30. The number of carbonyl (C=O) groups is 2. The zero-order chi connectivity index (χ0) is 8.27. The summed E-state index contributed by atoms with van der Waals surface area (Å²) in [5.74, 6) is -1.51. The van der Waals surface area contributed by atoms with Gasteiger partial charge in [0.2, 0.25) is 6.41 Å². The minimum absolute atomic E-state index is 0.311. The molecule has 0 aliphatic carbocycles. The Balaban J connectivity index is 2.45. The maximum absolute atomic E-state index is 10.4. The molecule has 1 atom stereocenters. The van der Waals surface area contributed by atoms with E-state index in [1.54, 1.807) is 0 Å². The van der Waals surface area contributed by atoms with Crippen molar-refractivity contribution in [1.82, 2.24) is 4.90 Å². The highest BCUT2D eigenvalue weighted by Crippen LogP contribution is 2.13. The van der Waals surface area contributed by atoms with Crippen molar-refractivity contribution in [2.45, 2.75) is 12.8 Å². The van der Waals surface area contributed by atoms with Crippen LogP contribution in [-0.4, -0.2) is 30.4 Å². The molecule has 0 radical (unpaired) electrons. The zero-order valence-electron chi connectivity index (χ0n) is 6.16. The van der Waals surface area contributed by atoms with Crippen LogP contribution in [0.25, 0.3) is 0 Å². The van der Waals surface area contributed by atoms with Crippen LogP contribution in [0.1, 0.15) is 12.8 Å². The number of amides is 1. The first-order valence-corrected chi connectivity index (χ1v) is 3.64. The highest BCUT2D eigenvalue weighted by molar-refractivity contribution is 5.68. The Kier molecular flexibility index (Phi) is 2.46. The molecule has 1 rings (SSSR count). The van der Waals surface area contributed by atoms with Crippen molar-refractivity contribution in [3.05, 3.63) is 0 Å². The summed E-state index contributed by atoms with van der Waals surface area (Å²) < 4.78 is 0. The van der Waals surface area contributed by atoms with Gasteiger partial charge in [-0.05, 0) is 12.8 Å². The lowest BCUT2D eigenvalue weighted by molar-refractivity contribution is -0.312. The first kappa shape index (κ1) is 8.04. The van der Waals surface area contributed by atoms with Gasteiger partial charge in [-0.25, -0.2) is 0 Å². The summed E-state index contributed by atoms with van der Waals surface area (Å²) in [6.07, 6.45) is 2.08. The molecule has 1 aliphatic rings. The molecule has 62 valence electrons. The Bertz CT molecular complexity index is 169. The number of carboxylic acid groups (broad SMARTS) is 1. The number of likely N-dealkylation sites (tertiary alicyclic amines) is 1. The van der Waals surface area contributed by atoms with E-state index in [0.717, 1.165) is 6.42 Å². The van der Waals surface area contributed by atoms with Crippen LogP contribution in [0.3, 0.4) is 0 Å². The lowest BCUT2D eigenvalue weighted by Crippen LogP contribution is -2.43. The first-order chi connectivity index (χ1) is 5.24. The first-order valence-electron chi connectivity index (χ1n) is 3.64. The van der Waals surface area contributed by atoms with E-state index in [4.69, 9.17) is 0 Å². The van der Waals surface area contributed by atoms with E-state index < -0.39 is 11.9 Å². The van der Waals surface area contributed by atoms with E-state index in [1.165, 1.54) is 4.90 Å². The van der Waals surface area contributed by atoms with Gasteiger partial charge in [-0.1, -0.05) is 0 Å². The Labute approximate surface area is 64.8 Å². The molecule has 1 saturated heterocycles. The maximum atomic E-state index is 10.4. The molecular formula is C7H10NO3-. The van der Waals surface area contributed by atoms with Crippen molar-refractivity contribution >= 4 is 12.4 Å². The molecule has 1 amide bonds. The van der Waals surface area contributed by atoms with Crippen molar-refractivity contribution in [2.75, 3.05) is 13.1 Å². The van der Waals surface area contributed by atoms with Crippen LogP contribution in [-0.2, 0) is 9.59 Å². The summed E-state index contributed by atoms with van der Waals surface area (Å²) in [5, 5.41) is 10.4. The molecule has 11 heavy (non-hydrogen) atoms. The molecule has 1 fully saturated rings. The quantitative estimate of drug-likeness (QED) is 0.462. The Morgan fingerprint density at radius 3 is 2.91 bits per heavy atom. The fraction of sp³-hybridized carbons (Fsp3) is 0.714. The SMILES string of the molecule is O=CN1CCC[C@H](C(=O)[O-])C1. The summed E-state index contributed by atoms with van der Waals surface area (Å²) in [6.45, 7) is 0.985. The van der Waals surface area contributed by atoms with Gasteiger partial charge in [-0.2, -0.15) is 0 Å². The lowest BCUT2D eigenvalue weighted by atomic mass is 9.99. The molecule has 0 spiro atoms. The second-order valence-corrected chi connectivity index (χ2v) is 2.76. The van der Waals surface area contributed by atoms with Gasteiger partial charge in [0.1, 0.15) is 0 Å². The molecule has 0 bridgehead atoms. The molecule has 1 heterocycles. The standard InChI is InChI=1S/C7H11NO3/c9-5-8-3-1-2-6(4-8)7(10)11/h5-6H,1-4H2,(H,10,11)/p-1/t6-/m0/s1. The van der Waals surface area contributed by atoms with Gasteiger partial charge in [0.05, 0.1) is 0 Å². The average molecular weight is 156 g/mol. The molecule has 0 saturated carbocycles. The van der Waals surface area contributed by atoms with Crippen LogP contribution in [0.15, 0.2) is 0 Å². The summed E-state index contributed by atoms with van der Waals surface area (Å²) in [4.78, 5) is 22.1. The Hall–Kier alpha value is -1.06. The summed E-state index contributed by atoms with van der Waals surface area (Å²) in [7, 11) is 0. The topological polar surface area (TPSA) is 60.4 Å². The van der Waals surface area contributed by atoms with Gasteiger partial charge in [-0.15, -0.1) is 0 Å². The smallest absolute Gasteiger partial charge is 0.209 e. The van der Waals surface area contributed by atoms with Gasteiger partial charge in [0.15, 0.2) is 0 Å². The molecule has 4 heteroatoms. The number of rotatable bonds is 2. The second-order valence-electron chi connectivity index (χ2n) is 2.76. The fourth-order valence-corrected chi connectivity index (χ4v) is 1.29. The Morgan fingerprint density at radius 2 is 2.36 bits per heavy atom. The van der Waals surface area contributed by atoms with Crippen molar-refractivity contribution in [1.29, 1.82) is 0 Å². The predicted octanol–water partition coefficient (Wildman–Crippen LogP) is -1.40. The van der Waals surface area contributed by atoms with Crippen molar-refractivity contribution in [3.63, 3.8) is 0 Å². The highest BCUT2D eigenvalue weighted by atomic mass is 16.4. The number of nitrogens with zero attached hydrogens (tertiary/aromatic N) is 1. The monoisotopic (exact) mass is 156 g/mol. The van der Waals surface area contributed by atoms with E-state index in [9.17, 15) is 14.7 Å². The molecular weight excluding hydrogens is 146 g/mol. The third-order valence-electron chi connectivity index (χ3n) is 1.94. The van der Waals surface area contributed by atoms with Crippen molar-refractivity contribution < 1.29 is 14.7 Å². The summed E-state index contributed by atoms with van der Waals surface area (Å²) in [6, 6.07) is 0. The number of hydrogen-bond donors (Lipinski definition) is 0. The molecule has 0 aromatic heterocycles. The van der Waals surface area contributed by atoms with Gasteiger partial charge in [0, 0.05) is 25.0 Å². The Morgan fingerprint density at radius 1 is 1.64 bits per heavy atom. The highest BCUT2D eigenvalue weighted by Gasteiger charge is 2.18. The number of aliphatic carboxylic acids is 1. The molecule has 0 aromatic carbocycles. The second kappa shape index (κ2) is 3.37. The molecule has 0 aromatic rings. The number of carboxylic acids is 1. The average Bonchev–Trinajstić information content (AvgIpc) is 2.05. The van der Waals surface area contributed by atoms with Gasteiger partial charge < -0.3 is 14.8 Å². The summed E-state index contributed by atoms with van der Waals surface area (Å²) in [5.41, 5.74) is 0. The number of piperidine rings is 1. The third-order valence-corrected chi connectivity index (χ3v) is 1.94. The van der Waals surface area contributed by atoms with Crippen LogP contribution in [0.4, 0.5) is 0 Å². The van der Waals surface area contributed by atoms with Gasteiger partial charge >= 0.3 is 0 Å². The van der Waals surface area contributed by atoms with E-state index in [1.807, 2.05) is 0 Å². The van der Waals surface area contributed by atoms with Crippen molar-refractivity contribution in [3.8, 4) is 0 Å². The predicted molar refractivity (Wildman–Crippen MR) is 35.4 cm³/mol. The minimum Gasteiger partial charge on any atom is -0.550 e. The van der Waals surface area contributed by atoms with Gasteiger partial charge in [0.25, 0.3) is 0 Å². The molecule has 1 aliphatic heterocycles. The zero-order valence-corrected chi connectivity index (χ0v) is 6.16. The van der Waals surface area contributed by atoms with Crippen LogP contribution in [0.5, 0.6) is 0 Å². The third kappa shape index (κ3) is 1.93. The van der Waals surface area contributed by atoms with E-state index in [2.05, 4.69) is 0 Å². The van der Waals surface area contributed by atoms with Crippen LogP contribution < -0.4 is 5.11 Å². The number of carbonyl (C=O) groups excluding carboxylic acids is 2.